The highest BCUT2D eigenvalue weighted by molar-refractivity contribution is 5.78. The number of nitrogens with zero attached hydrogens (tertiary/aromatic N) is 4. The van der Waals surface area contributed by atoms with Gasteiger partial charge in [0.05, 0.1) is 12.6 Å². The smallest absolute Gasteiger partial charge is 0.244 e. The van der Waals surface area contributed by atoms with Crippen LogP contribution in [0.3, 0.4) is 0 Å². The highest BCUT2D eigenvalue weighted by Gasteiger charge is 2.32. The van der Waals surface area contributed by atoms with Crippen LogP contribution in [-0.2, 0) is 11.3 Å². The minimum absolute atomic E-state index is 0.0951. The highest BCUT2D eigenvalue weighted by Crippen LogP contribution is 2.31. The molecule has 144 valence electrons. The van der Waals surface area contributed by atoms with Crippen LogP contribution in [0.2, 0.25) is 0 Å². The Kier molecular flexibility index (Phi) is 5.38. The predicted octanol–water partition coefficient (Wildman–Crippen LogP) is 2.72. The number of likely N-dealkylation sites (tertiary alicyclic amines) is 1. The predicted molar refractivity (Wildman–Crippen MR) is 99.3 cm³/mol. The van der Waals surface area contributed by atoms with Crippen LogP contribution in [0.15, 0.2) is 53.3 Å². The summed E-state index contributed by atoms with van der Waals surface area (Å²) in [5.74, 6) is 0.528. The van der Waals surface area contributed by atoms with Gasteiger partial charge in [0.25, 0.3) is 0 Å². The number of nitrogens with one attached hydrogen (secondary N) is 1. The zero-order chi connectivity index (χ0) is 19.3. The third-order valence-corrected chi connectivity index (χ3v) is 4.81. The number of halogens is 1. The van der Waals surface area contributed by atoms with E-state index in [0.717, 1.165) is 24.9 Å². The zero-order valence-electron chi connectivity index (χ0n) is 15.2. The normalized spacial score (nSPS) is 17.0. The van der Waals surface area contributed by atoms with Crippen LogP contribution in [0.25, 0.3) is 11.4 Å². The monoisotopic (exact) mass is 381 g/mol. The molecular formula is C20H20FN5O2. The summed E-state index contributed by atoms with van der Waals surface area (Å²) in [5, 5.41) is 6.82. The summed E-state index contributed by atoms with van der Waals surface area (Å²) in [6, 6.07) is 9.95. The Morgan fingerprint density at radius 3 is 2.89 bits per heavy atom. The Labute approximate surface area is 161 Å². The Morgan fingerprint density at radius 2 is 2.07 bits per heavy atom. The number of amides is 1. The summed E-state index contributed by atoms with van der Waals surface area (Å²) in [6.07, 6.45) is 5.14. The van der Waals surface area contributed by atoms with E-state index >= 15 is 0 Å². The van der Waals surface area contributed by atoms with E-state index in [1.165, 1.54) is 6.07 Å². The van der Waals surface area contributed by atoms with Gasteiger partial charge in [0.1, 0.15) is 5.82 Å². The zero-order valence-corrected chi connectivity index (χ0v) is 15.2. The van der Waals surface area contributed by atoms with Crippen LogP contribution in [0.1, 0.15) is 30.3 Å². The minimum Gasteiger partial charge on any atom is -0.351 e. The number of pyridine rings is 1. The number of carbonyl (C=O) groups excluding carboxylic acids is 1. The first-order chi connectivity index (χ1) is 13.7. The molecule has 1 saturated heterocycles. The maximum absolute atomic E-state index is 13.7. The fourth-order valence-corrected chi connectivity index (χ4v) is 3.36. The van der Waals surface area contributed by atoms with Crippen molar-refractivity contribution in [3.63, 3.8) is 0 Å². The van der Waals surface area contributed by atoms with E-state index in [9.17, 15) is 9.18 Å². The van der Waals surface area contributed by atoms with E-state index in [2.05, 4.69) is 20.4 Å². The van der Waals surface area contributed by atoms with Gasteiger partial charge in [-0.15, -0.1) is 0 Å². The lowest BCUT2D eigenvalue weighted by Gasteiger charge is -2.20. The molecule has 1 aromatic carbocycles. The Bertz CT molecular complexity index is 947. The molecule has 4 rings (SSSR count). The van der Waals surface area contributed by atoms with Crippen LogP contribution < -0.4 is 5.32 Å². The first kappa shape index (κ1) is 18.2. The SMILES string of the molecule is O=C(CN1CCCC1c1nc(-c2ccncc2)no1)NCc1ccccc1F. The van der Waals surface area contributed by atoms with Gasteiger partial charge in [-0.25, -0.2) is 4.39 Å². The second-order valence-electron chi connectivity index (χ2n) is 6.69. The number of benzene rings is 1. The van der Waals surface area contributed by atoms with E-state index in [4.69, 9.17) is 4.52 Å². The molecule has 2 aromatic heterocycles. The van der Waals surface area contributed by atoms with Gasteiger partial charge in [-0.05, 0) is 37.6 Å². The molecule has 3 heterocycles. The lowest BCUT2D eigenvalue weighted by molar-refractivity contribution is -0.122. The molecule has 7 nitrogen and oxygen atoms in total. The van der Waals surface area contributed by atoms with Crippen molar-refractivity contribution in [1.29, 1.82) is 0 Å². The third kappa shape index (κ3) is 4.07. The largest absolute Gasteiger partial charge is 0.351 e. The lowest BCUT2D eigenvalue weighted by Crippen LogP contribution is -2.36. The van der Waals surface area contributed by atoms with Crippen LogP contribution in [0.4, 0.5) is 4.39 Å². The number of aromatic nitrogens is 3. The molecule has 0 spiro atoms. The van der Waals surface area contributed by atoms with Crippen molar-refractivity contribution >= 4 is 5.91 Å². The van der Waals surface area contributed by atoms with Crippen molar-refractivity contribution in [2.75, 3.05) is 13.1 Å². The fraction of sp³-hybridized carbons (Fsp3) is 0.300. The van der Waals surface area contributed by atoms with E-state index in [1.54, 1.807) is 30.6 Å². The summed E-state index contributed by atoms with van der Waals surface area (Å²) >= 11 is 0. The van der Waals surface area contributed by atoms with Crippen molar-refractivity contribution < 1.29 is 13.7 Å². The second kappa shape index (κ2) is 8.26. The standard InChI is InChI=1S/C20H20FN5O2/c21-16-5-2-1-4-15(16)12-23-18(27)13-26-11-3-6-17(26)20-24-19(25-28-20)14-7-9-22-10-8-14/h1-2,4-5,7-10,17H,3,6,11-13H2,(H,23,27). The van der Waals surface area contributed by atoms with E-state index in [-0.39, 0.29) is 30.9 Å². The molecule has 1 N–H and O–H groups in total. The molecule has 1 aliphatic rings. The van der Waals surface area contributed by atoms with E-state index < -0.39 is 0 Å². The van der Waals surface area contributed by atoms with E-state index in [1.807, 2.05) is 17.0 Å². The average Bonchev–Trinajstić information content (AvgIpc) is 3.37. The topological polar surface area (TPSA) is 84.2 Å². The van der Waals surface area contributed by atoms with Crippen molar-refractivity contribution in [3.05, 3.63) is 66.1 Å². The van der Waals surface area contributed by atoms with Crippen molar-refractivity contribution in [2.45, 2.75) is 25.4 Å². The summed E-state index contributed by atoms with van der Waals surface area (Å²) in [7, 11) is 0. The molecule has 0 aliphatic carbocycles. The number of hydrogen-bond acceptors (Lipinski definition) is 6. The summed E-state index contributed by atoms with van der Waals surface area (Å²) < 4.78 is 19.1. The molecule has 1 atom stereocenters. The van der Waals surface area contributed by atoms with Crippen molar-refractivity contribution in [3.8, 4) is 11.4 Å². The maximum atomic E-state index is 13.7. The summed E-state index contributed by atoms with van der Waals surface area (Å²) in [5.41, 5.74) is 1.30. The fourth-order valence-electron chi connectivity index (χ4n) is 3.36. The first-order valence-corrected chi connectivity index (χ1v) is 9.19. The summed E-state index contributed by atoms with van der Waals surface area (Å²) in [4.78, 5) is 22.8. The van der Waals surface area contributed by atoms with Crippen LogP contribution in [0.5, 0.6) is 0 Å². The van der Waals surface area contributed by atoms with Gasteiger partial charge in [-0.2, -0.15) is 4.98 Å². The first-order valence-electron chi connectivity index (χ1n) is 9.19. The molecule has 1 fully saturated rings. The number of hydrogen-bond donors (Lipinski definition) is 1. The number of rotatable bonds is 6. The van der Waals surface area contributed by atoms with Crippen LogP contribution >= 0.6 is 0 Å². The maximum Gasteiger partial charge on any atom is 0.244 e. The van der Waals surface area contributed by atoms with E-state index in [0.29, 0.717) is 17.3 Å². The summed E-state index contributed by atoms with van der Waals surface area (Å²) in [6.45, 7) is 1.13. The Balaban J connectivity index is 1.38. The third-order valence-electron chi connectivity index (χ3n) is 4.81. The van der Waals surface area contributed by atoms with Gasteiger partial charge in [0, 0.05) is 30.1 Å². The molecule has 3 aromatic rings. The van der Waals surface area contributed by atoms with Crippen LogP contribution in [0, 0.1) is 5.82 Å². The Hall–Kier alpha value is -3.13. The molecular weight excluding hydrogens is 361 g/mol. The van der Waals surface area contributed by atoms with Gasteiger partial charge in [0.2, 0.25) is 17.6 Å². The molecule has 0 saturated carbocycles. The quantitative estimate of drug-likeness (QED) is 0.707. The van der Waals surface area contributed by atoms with Crippen LogP contribution in [-0.4, -0.2) is 39.0 Å². The minimum atomic E-state index is -0.323. The molecule has 8 heteroatoms. The van der Waals surface area contributed by atoms with Gasteiger partial charge < -0.3 is 9.84 Å². The van der Waals surface area contributed by atoms with Crippen molar-refractivity contribution in [2.24, 2.45) is 0 Å². The molecule has 1 aliphatic heterocycles. The van der Waals surface area contributed by atoms with Gasteiger partial charge >= 0.3 is 0 Å². The van der Waals surface area contributed by atoms with Crippen molar-refractivity contribution in [1.82, 2.24) is 25.3 Å². The molecule has 28 heavy (non-hydrogen) atoms. The average molecular weight is 381 g/mol. The van der Waals surface area contributed by atoms with Gasteiger partial charge in [-0.1, -0.05) is 23.4 Å². The second-order valence-corrected chi connectivity index (χ2v) is 6.69. The highest BCUT2D eigenvalue weighted by atomic mass is 19.1. The molecule has 1 unspecified atom stereocenters. The number of carbonyl (C=O) groups is 1. The lowest BCUT2D eigenvalue weighted by atomic mass is 10.2. The Morgan fingerprint density at radius 1 is 1.25 bits per heavy atom. The molecule has 1 amide bonds. The van der Waals surface area contributed by atoms with Gasteiger partial charge in [-0.3, -0.25) is 14.7 Å². The van der Waals surface area contributed by atoms with Gasteiger partial charge in [0.15, 0.2) is 0 Å². The molecule has 0 radical (unpaired) electrons. The molecule has 0 bridgehead atoms.